The summed E-state index contributed by atoms with van der Waals surface area (Å²) in [7, 11) is 0. The number of aromatic nitrogens is 4. The van der Waals surface area contributed by atoms with Crippen molar-refractivity contribution in [3.8, 4) is 45.0 Å². The molecule has 5 heteroatoms. The molecule has 0 radical (unpaired) electrons. The minimum Gasteiger partial charge on any atom is -0.454 e. The number of hydrogen-bond acceptors (Lipinski definition) is 3. The van der Waals surface area contributed by atoms with Gasteiger partial charge in [-0.2, -0.15) is 0 Å². The summed E-state index contributed by atoms with van der Waals surface area (Å²) in [5.74, 6) is 0. The monoisotopic (exact) mass is 728 g/mol. The molecule has 12 aromatic rings. The van der Waals surface area contributed by atoms with Gasteiger partial charge in [0.25, 0.3) is 0 Å². The average Bonchev–Trinajstić information content (AvgIpc) is 3.94. The molecule has 0 amide bonds. The zero-order valence-corrected chi connectivity index (χ0v) is 30.7. The molecule has 266 valence electrons. The highest BCUT2D eigenvalue weighted by atomic mass is 16.3. The first-order valence-electron chi connectivity index (χ1n) is 19.2. The quantitative estimate of drug-likeness (QED) is 0.177. The summed E-state index contributed by atoms with van der Waals surface area (Å²) in [6, 6.07) is 66.8. The fourth-order valence-electron chi connectivity index (χ4n) is 8.74. The second-order valence-electron chi connectivity index (χ2n) is 14.6. The van der Waals surface area contributed by atoms with Crippen LogP contribution in [0, 0.1) is 0 Å². The first kappa shape index (κ1) is 31.6. The van der Waals surface area contributed by atoms with Gasteiger partial charge in [0, 0.05) is 49.9 Å². The average molecular weight is 729 g/mol. The first-order valence-corrected chi connectivity index (χ1v) is 19.2. The van der Waals surface area contributed by atoms with Gasteiger partial charge in [0.1, 0.15) is 11.1 Å². The Morgan fingerprint density at radius 3 is 1.51 bits per heavy atom. The highest BCUT2D eigenvalue weighted by Crippen LogP contribution is 2.40. The maximum Gasteiger partial charge on any atom is 0.153 e. The predicted octanol–water partition coefficient (Wildman–Crippen LogP) is 13.6. The fraction of sp³-hybridized carbons (Fsp3) is 0. The molecule has 57 heavy (non-hydrogen) atoms. The van der Waals surface area contributed by atoms with Crippen molar-refractivity contribution in [3.63, 3.8) is 0 Å². The summed E-state index contributed by atoms with van der Waals surface area (Å²) in [5.41, 5.74) is 15.7. The summed E-state index contributed by atoms with van der Waals surface area (Å²) in [4.78, 5) is 9.81. The molecule has 0 aliphatic heterocycles. The number of hydrogen-bond donors (Lipinski definition) is 0. The van der Waals surface area contributed by atoms with Gasteiger partial charge in [-0.15, -0.1) is 0 Å². The molecule has 0 bridgehead atoms. The van der Waals surface area contributed by atoms with Crippen LogP contribution in [-0.4, -0.2) is 19.1 Å². The van der Waals surface area contributed by atoms with Gasteiger partial charge in [-0.3, -0.25) is 4.98 Å². The van der Waals surface area contributed by atoms with Gasteiger partial charge in [-0.25, -0.2) is 4.98 Å². The molecular weight excluding hydrogens is 697 g/mol. The Hall–Kier alpha value is -7.76. The highest BCUT2D eigenvalue weighted by Gasteiger charge is 2.18. The zero-order chi connectivity index (χ0) is 37.5. The van der Waals surface area contributed by atoms with Crippen LogP contribution in [0.3, 0.4) is 0 Å². The third-order valence-electron chi connectivity index (χ3n) is 11.4. The van der Waals surface area contributed by atoms with Crippen molar-refractivity contribution in [1.29, 1.82) is 0 Å². The number of pyridine rings is 2. The van der Waals surface area contributed by atoms with Crippen LogP contribution < -0.4 is 0 Å². The van der Waals surface area contributed by atoms with Crippen molar-refractivity contribution in [2.24, 2.45) is 0 Å². The molecule has 7 aromatic carbocycles. The largest absolute Gasteiger partial charge is 0.454 e. The molecule has 5 nitrogen and oxygen atoms in total. The minimum absolute atomic E-state index is 0.797. The molecule has 0 fully saturated rings. The molecule has 0 saturated carbocycles. The Balaban J connectivity index is 1.03. The SMILES string of the molecule is c1ccc(-c2cc(-n3c4ccccc4c4cc(-c5ccc6c(c5)c5ccccc5n6-c5ccc6oc7cccnc7c6c5)ccc43)cc(-c3ccccc3)n2)cc1. The topological polar surface area (TPSA) is 48.8 Å². The molecule has 0 spiro atoms. The number of furan rings is 1. The van der Waals surface area contributed by atoms with E-state index in [2.05, 4.69) is 178 Å². The van der Waals surface area contributed by atoms with E-state index >= 15 is 0 Å². The van der Waals surface area contributed by atoms with Gasteiger partial charge < -0.3 is 13.6 Å². The molecule has 0 atom stereocenters. The number of fused-ring (bicyclic) bond motifs is 9. The van der Waals surface area contributed by atoms with E-state index in [-0.39, 0.29) is 0 Å². The van der Waals surface area contributed by atoms with Crippen molar-refractivity contribution < 1.29 is 4.42 Å². The van der Waals surface area contributed by atoms with Crippen molar-refractivity contribution in [2.75, 3.05) is 0 Å². The van der Waals surface area contributed by atoms with Gasteiger partial charge in [0.2, 0.25) is 0 Å². The van der Waals surface area contributed by atoms with E-state index in [1.807, 2.05) is 30.5 Å². The smallest absolute Gasteiger partial charge is 0.153 e. The summed E-state index contributed by atoms with van der Waals surface area (Å²) in [6.45, 7) is 0. The summed E-state index contributed by atoms with van der Waals surface area (Å²) >= 11 is 0. The maximum absolute atomic E-state index is 6.12. The van der Waals surface area contributed by atoms with Gasteiger partial charge in [0.05, 0.1) is 39.1 Å². The lowest BCUT2D eigenvalue weighted by molar-refractivity contribution is 0.668. The zero-order valence-electron chi connectivity index (χ0n) is 30.7. The van der Waals surface area contributed by atoms with E-state index in [1.54, 1.807) is 0 Å². The van der Waals surface area contributed by atoms with Crippen molar-refractivity contribution in [3.05, 3.63) is 194 Å². The van der Waals surface area contributed by atoms with E-state index in [0.29, 0.717) is 0 Å². The molecule has 0 unspecified atom stereocenters. The van der Waals surface area contributed by atoms with E-state index in [4.69, 9.17) is 9.40 Å². The Bertz CT molecular complexity index is 3460. The first-order chi connectivity index (χ1) is 28.2. The number of nitrogens with zero attached hydrogens (tertiary/aromatic N) is 4. The summed E-state index contributed by atoms with van der Waals surface area (Å²) < 4.78 is 10.9. The maximum atomic E-state index is 6.12. The molecular formula is C52H32N4O. The Kier molecular flexibility index (Phi) is 6.86. The van der Waals surface area contributed by atoms with Crippen LogP contribution in [0.25, 0.3) is 111 Å². The molecule has 0 saturated heterocycles. The van der Waals surface area contributed by atoms with Crippen LogP contribution in [0.4, 0.5) is 0 Å². The highest BCUT2D eigenvalue weighted by molar-refractivity contribution is 6.13. The normalized spacial score (nSPS) is 11.9. The third-order valence-corrected chi connectivity index (χ3v) is 11.4. The molecule has 0 aliphatic rings. The predicted molar refractivity (Wildman–Crippen MR) is 234 cm³/mol. The van der Waals surface area contributed by atoms with Crippen molar-refractivity contribution in [1.82, 2.24) is 19.1 Å². The molecule has 12 rings (SSSR count). The van der Waals surface area contributed by atoms with Gasteiger partial charge >= 0.3 is 0 Å². The minimum atomic E-state index is 0.797. The van der Waals surface area contributed by atoms with Crippen LogP contribution in [0.15, 0.2) is 199 Å². The molecule has 5 heterocycles. The van der Waals surface area contributed by atoms with Crippen LogP contribution in [0.1, 0.15) is 0 Å². The van der Waals surface area contributed by atoms with E-state index in [1.165, 1.54) is 32.7 Å². The van der Waals surface area contributed by atoms with E-state index in [9.17, 15) is 0 Å². The third kappa shape index (κ3) is 4.96. The standard InChI is InChI=1S/C52H32N4O/c1-3-12-33(13-4-1)44-31-38(32-45(54-44)34-14-5-2-6-15-34)56-47-19-10-8-17-40(47)42-29-36(22-25-49(42)56)35-21-24-48-41(28-35)39-16-7-9-18-46(39)55(48)37-23-26-50-43(30-37)52-51(57-50)20-11-27-53-52/h1-32H. The van der Waals surface area contributed by atoms with Gasteiger partial charge in [0.15, 0.2) is 5.58 Å². The second-order valence-corrected chi connectivity index (χ2v) is 14.6. The van der Waals surface area contributed by atoms with Crippen LogP contribution >= 0.6 is 0 Å². The van der Waals surface area contributed by atoms with Crippen molar-refractivity contribution >= 4 is 65.7 Å². The van der Waals surface area contributed by atoms with Crippen LogP contribution in [0.2, 0.25) is 0 Å². The Morgan fingerprint density at radius 2 is 0.895 bits per heavy atom. The van der Waals surface area contributed by atoms with Gasteiger partial charge in [-0.1, -0.05) is 109 Å². The lowest BCUT2D eigenvalue weighted by Crippen LogP contribution is -1.98. The second kappa shape index (κ2) is 12.4. The lowest BCUT2D eigenvalue weighted by atomic mass is 10.0. The Labute approximate surface area is 327 Å². The molecule has 5 aromatic heterocycles. The number of para-hydroxylation sites is 2. The van der Waals surface area contributed by atoms with E-state index in [0.717, 1.165) is 78.0 Å². The van der Waals surface area contributed by atoms with Crippen LogP contribution in [-0.2, 0) is 0 Å². The summed E-state index contributed by atoms with van der Waals surface area (Å²) in [5, 5.41) is 5.85. The molecule has 0 N–H and O–H groups in total. The van der Waals surface area contributed by atoms with E-state index < -0.39 is 0 Å². The fourth-order valence-corrected chi connectivity index (χ4v) is 8.74. The summed E-state index contributed by atoms with van der Waals surface area (Å²) in [6.07, 6.45) is 1.82. The Morgan fingerprint density at radius 1 is 0.351 bits per heavy atom. The number of rotatable bonds is 5. The van der Waals surface area contributed by atoms with Gasteiger partial charge in [-0.05, 0) is 90.0 Å². The van der Waals surface area contributed by atoms with Crippen LogP contribution in [0.5, 0.6) is 0 Å². The molecule has 0 aliphatic carbocycles. The van der Waals surface area contributed by atoms with Crippen molar-refractivity contribution in [2.45, 2.75) is 0 Å². The number of benzene rings is 7. The lowest BCUT2D eigenvalue weighted by Gasteiger charge is -2.13.